The number of pyridine rings is 1. The Labute approximate surface area is 182 Å². The predicted molar refractivity (Wildman–Crippen MR) is 124 cm³/mol. The van der Waals surface area contributed by atoms with Gasteiger partial charge in [0.05, 0.1) is 0 Å². The molecule has 1 saturated heterocycles. The molecule has 4 aromatic rings. The van der Waals surface area contributed by atoms with Gasteiger partial charge in [0.1, 0.15) is 0 Å². The molecular formula is C26H28N4O. The second kappa shape index (κ2) is 8.42. The third-order valence-electron chi connectivity index (χ3n) is 6.38. The van der Waals surface area contributed by atoms with Crippen LogP contribution in [0, 0.1) is 6.92 Å². The molecule has 0 bridgehead atoms. The number of rotatable bonds is 5. The highest BCUT2D eigenvalue weighted by atomic mass is 16.2. The molecule has 158 valence electrons. The highest BCUT2D eigenvalue weighted by Crippen LogP contribution is 2.39. The number of carbonyl (C=O) groups is 1. The predicted octanol–water partition coefficient (Wildman–Crippen LogP) is 5.14. The van der Waals surface area contributed by atoms with E-state index < -0.39 is 0 Å². The molecule has 0 saturated carbocycles. The number of nitrogens with zero attached hydrogens (tertiary/aromatic N) is 3. The maximum atomic E-state index is 12.9. The van der Waals surface area contributed by atoms with Gasteiger partial charge in [-0.05, 0) is 61.7 Å². The van der Waals surface area contributed by atoms with Gasteiger partial charge >= 0.3 is 0 Å². The Balaban J connectivity index is 1.44. The van der Waals surface area contributed by atoms with Crippen molar-refractivity contribution in [2.45, 2.75) is 38.6 Å². The zero-order valence-corrected chi connectivity index (χ0v) is 17.9. The van der Waals surface area contributed by atoms with E-state index in [0.717, 1.165) is 38.0 Å². The number of aromatic amines is 1. The topological polar surface area (TPSA) is 53.9 Å². The third-order valence-corrected chi connectivity index (χ3v) is 6.38. The number of hydrogen-bond acceptors (Lipinski definition) is 2. The maximum Gasteiger partial charge on any atom is 0.224 e. The SMILES string of the molecule is Cc1ccc2[nH]c([C@H]3CCCN(C(=O)CCn4cccc4)C3)c(-c3ccncc3)c2c1. The van der Waals surface area contributed by atoms with Gasteiger partial charge in [0.15, 0.2) is 0 Å². The summed E-state index contributed by atoms with van der Waals surface area (Å²) in [6, 6.07) is 14.7. The Morgan fingerprint density at radius 2 is 1.97 bits per heavy atom. The van der Waals surface area contributed by atoms with Crippen molar-refractivity contribution in [3.05, 3.63) is 78.5 Å². The standard InChI is InChI=1S/C26H28N4O/c1-19-6-7-23-22(17-19)25(20-8-11-27-12-9-20)26(28-23)21-5-4-15-30(18-21)24(31)10-16-29-13-2-3-14-29/h2-3,6-9,11-14,17,21,28H,4-5,10,15-16,18H2,1H3/t21-/m0/s1. The fraction of sp³-hybridized carbons (Fsp3) is 0.308. The zero-order valence-electron chi connectivity index (χ0n) is 17.9. The first-order valence-electron chi connectivity index (χ1n) is 11.1. The van der Waals surface area contributed by atoms with Crippen LogP contribution in [-0.2, 0) is 11.3 Å². The summed E-state index contributed by atoms with van der Waals surface area (Å²) in [6.45, 7) is 4.49. The highest BCUT2D eigenvalue weighted by molar-refractivity contribution is 5.98. The van der Waals surface area contributed by atoms with Crippen LogP contribution in [-0.4, -0.2) is 38.4 Å². The van der Waals surface area contributed by atoms with E-state index in [1.54, 1.807) is 0 Å². The van der Waals surface area contributed by atoms with Crippen molar-refractivity contribution in [2.75, 3.05) is 13.1 Å². The molecule has 0 spiro atoms. The van der Waals surface area contributed by atoms with Crippen LogP contribution >= 0.6 is 0 Å². The monoisotopic (exact) mass is 412 g/mol. The molecule has 4 heterocycles. The summed E-state index contributed by atoms with van der Waals surface area (Å²) in [4.78, 5) is 22.9. The Hall–Kier alpha value is -3.34. The second-order valence-electron chi connectivity index (χ2n) is 8.55. The number of H-pyrrole nitrogens is 1. The van der Waals surface area contributed by atoms with Crippen LogP contribution in [0.25, 0.3) is 22.0 Å². The lowest BCUT2D eigenvalue weighted by Crippen LogP contribution is -2.39. The van der Waals surface area contributed by atoms with Gasteiger partial charge in [-0.25, -0.2) is 0 Å². The van der Waals surface area contributed by atoms with E-state index in [-0.39, 0.29) is 5.91 Å². The molecule has 1 aromatic carbocycles. The van der Waals surface area contributed by atoms with Gasteiger partial charge in [0.25, 0.3) is 0 Å². The molecule has 5 rings (SSSR count). The van der Waals surface area contributed by atoms with Crippen LogP contribution in [0.4, 0.5) is 0 Å². The van der Waals surface area contributed by atoms with Gasteiger partial charge in [-0.2, -0.15) is 0 Å². The number of carbonyl (C=O) groups excluding carboxylic acids is 1. The van der Waals surface area contributed by atoms with E-state index in [9.17, 15) is 4.79 Å². The molecule has 31 heavy (non-hydrogen) atoms. The van der Waals surface area contributed by atoms with Gasteiger partial charge in [-0.3, -0.25) is 9.78 Å². The highest BCUT2D eigenvalue weighted by Gasteiger charge is 2.28. The fourth-order valence-electron chi connectivity index (χ4n) is 4.80. The molecule has 5 heteroatoms. The van der Waals surface area contributed by atoms with Crippen molar-refractivity contribution in [3.8, 4) is 11.1 Å². The van der Waals surface area contributed by atoms with Gasteiger partial charge in [-0.1, -0.05) is 11.6 Å². The molecule has 0 radical (unpaired) electrons. The molecule has 5 nitrogen and oxygen atoms in total. The van der Waals surface area contributed by atoms with Crippen LogP contribution in [0.1, 0.15) is 36.4 Å². The molecule has 1 aliphatic rings. The number of nitrogens with one attached hydrogen (secondary N) is 1. The average Bonchev–Trinajstić information content (AvgIpc) is 3.46. The van der Waals surface area contributed by atoms with E-state index >= 15 is 0 Å². The first kappa shape index (κ1) is 19.6. The molecule has 1 atom stereocenters. The first-order valence-corrected chi connectivity index (χ1v) is 11.1. The molecule has 1 fully saturated rings. The molecule has 1 N–H and O–H groups in total. The minimum absolute atomic E-state index is 0.246. The first-order chi connectivity index (χ1) is 15.2. The van der Waals surface area contributed by atoms with E-state index in [4.69, 9.17) is 0 Å². The fourth-order valence-corrected chi connectivity index (χ4v) is 4.80. The minimum atomic E-state index is 0.246. The molecule has 0 aliphatic carbocycles. The Morgan fingerprint density at radius 3 is 2.77 bits per heavy atom. The molecule has 0 unspecified atom stereocenters. The Kier molecular flexibility index (Phi) is 5.33. The van der Waals surface area contributed by atoms with Gasteiger partial charge < -0.3 is 14.5 Å². The summed E-state index contributed by atoms with van der Waals surface area (Å²) in [5.74, 6) is 0.552. The number of amides is 1. The minimum Gasteiger partial charge on any atom is -0.358 e. The zero-order chi connectivity index (χ0) is 21.2. The lowest BCUT2D eigenvalue weighted by molar-refractivity contribution is -0.132. The Bertz CT molecular complexity index is 1180. The number of likely N-dealkylation sites (tertiary alicyclic amines) is 1. The number of benzene rings is 1. The maximum absolute atomic E-state index is 12.9. The van der Waals surface area contributed by atoms with Gasteiger partial charge in [0.2, 0.25) is 5.91 Å². The summed E-state index contributed by atoms with van der Waals surface area (Å²) in [6.07, 6.45) is 10.4. The molecular weight excluding hydrogens is 384 g/mol. The summed E-state index contributed by atoms with van der Waals surface area (Å²) >= 11 is 0. The van der Waals surface area contributed by atoms with Crippen molar-refractivity contribution < 1.29 is 4.79 Å². The lowest BCUT2D eigenvalue weighted by Gasteiger charge is -2.33. The molecule has 3 aromatic heterocycles. The van der Waals surface area contributed by atoms with E-state index in [1.807, 2.05) is 36.9 Å². The van der Waals surface area contributed by atoms with Crippen LogP contribution in [0.3, 0.4) is 0 Å². The third kappa shape index (κ3) is 4.00. The van der Waals surface area contributed by atoms with Crippen LogP contribution in [0.15, 0.2) is 67.3 Å². The van der Waals surface area contributed by atoms with E-state index in [1.165, 1.54) is 27.8 Å². The summed E-state index contributed by atoms with van der Waals surface area (Å²) < 4.78 is 2.07. The quantitative estimate of drug-likeness (QED) is 0.494. The lowest BCUT2D eigenvalue weighted by atomic mass is 9.89. The van der Waals surface area contributed by atoms with E-state index in [2.05, 4.69) is 56.7 Å². The van der Waals surface area contributed by atoms with E-state index in [0.29, 0.717) is 12.3 Å². The largest absolute Gasteiger partial charge is 0.358 e. The summed E-state index contributed by atoms with van der Waals surface area (Å²) in [5, 5.41) is 1.25. The normalized spacial score (nSPS) is 16.7. The van der Waals surface area contributed by atoms with Crippen LogP contribution in [0.5, 0.6) is 0 Å². The smallest absolute Gasteiger partial charge is 0.224 e. The van der Waals surface area contributed by atoms with Crippen LogP contribution in [0.2, 0.25) is 0 Å². The van der Waals surface area contributed by atoms with Crippen LogP contribution < -0.4 is 0 Å². The molecule has 1 amide bonds. The summed E-state index contributed by atoms with van der Waals surface area (Å²) in [7, 11) is 0. The van der Waals surface area contributed by atoms with Crippen molar-refractivity contribution in [3.63, 3.8) is 0 Å². The Morgan fingerprint density at radius 1 is 1.16 bits per heavy atom. The number of hydrogen-bond donors (Lipinski definition) is 1. The number of aryl methyl sites for hydroxylation is 2. The van der Waals surface area contributed by atoms with Crippen molar-refractivity contribution >= 4 is 16.8 Å². The van der Waals surface area contributed by atoms with Crippen molar-refractivity contribution in [1.82, 2.24) is 19.4 Å². The number of aromatic nitrogens is 3. The number of piperidine rings is 1. The van der Waals surface area contributed by atoms with Gasteiger partial charge in [-0.15, -0.1) is 0 Å². The van der Waals surface area contributed by atoms with Crippen molar-refractivity contribution in [1.29, 1.82) is 0 Å². The molecule has 1 aliphatic heterocycles. The second-order valence-corrected chi connectivity index (χ2v) is 8.55. The number of fused-ring (bicyclic) bond motifs is 1. The average molecular weight is 413 g/mol. The van der Waals surface area contributed by atoms with Gasteiger partial charge in [0, 0.05) is 78.9 Å². The summed E-state index contributed by atoms with van der Waals surface area (Å²) in [5.41, 5.74) is 6.09. The van der Waals surface area contributed by atoms with Crippen molar-refractivity contribution in [2.24, 2.45) is 0 Å².